The zero-order valence-corrected chi connectivity index (χ0v) is 15.5. The summed E-state index contributed by atoms with van der Waals surface area (Å²) in [6.07, 6.45) is 0. The topological polar surface area (TPSA) is 92.6 Å². The van der Waals surface area contributed by atoms with E-state index in [1.165, 1.54) is 0 Å². The molecular formula is C19H22N4O4. The number of aromatic nitrogens is 2. The van der Waals surface area contributed by atoms with Gasteiger partial charge in [0.25, 0.3) is 5.91 Å². The Hall–Kier alpha value is -3.26. The van der Waals surface area contributed by atoms with Crippen LogP contribution in [0.2, 0.25) is 0 Å². The van der Waals surface area contributed by atoms with Crippen LogP contribution < -0.4 is 14.8 Å². The van der Waals surface area contributed by atoms with Crippen molar-refractivity contribution in [3.63, 3.8) is 0 Å². The highest BCUT2D eigenvalue weighted by Gasteiger charge is 2.14. The summed E-state index contributed by atoms with van der Waals surface area (Å²) >= 11 is 0. The fourth-order valence-corrected chi connectivity index (χ4v) is 2.49. The van der Waals surface area contributed by atoms with E-state index >= 15 is 0 Å². The first-order chi connectivity index (χ1) is 13.0. The summed E-state index contributed by atoms with van der Waals surface area (Å²) < 4.78 is 16.5. The van der Waals surface area contributed by atoms with E-state index in [1.54, 1.807) is 31.4 Å². The standard InChI is InChI=1S/C19H22N4O4/c1-23(2)11-13-10-18(22-21-13)20-19(24)17-9-8-14(27-17)12-26-16-7-5-4-6-15(16)25-3/h4-10H,11-12H2,1-3H3,(H2,20,21,22,24). The highest BCUT2D eigenvalue weighted by atomic mass is 16.5. The predicted molar refractivity (Wildman–Crippen MR) is 100.0 cm³/mol. The Morgan fingerprint density at radius 2 is 2.00 bits per heavy atom. The summed E-state index contributed by atoms with van der Waals surface area (Å²) in [7, 11) is 5.49. The maximum atomic E-state index is 12.3. The van der Waals surface area contributed by atoms with Crippen molar-refractivity contribution >= 4 is 11.7 Å². The third kappa shape index (κ3) is 4.89. The van der Waals surface area contributed by atoms with E-state index in [0.29, 0.717) is 29.6 Å². The minimum Gasteiger partial charge on any atom is -0.493 e. The number of furan rings is 1. The lowest BCUT2D eigenvalue weighted by molar-refractivity contribution is 0.0992. The number of H-pyrrole nitrogens is 1. The van der Waals surface area contributed by atoms with E-state index in [0.717, 1.165) is 5.69 Å². The van der Waals surface area contributed by atoms with Crippen LogP contribution in [0.1, 0.15) is 22.0 Å². The SMILES string of the molecule is COc1ccccc1OCc1ccc(C(=O)Nc2cc(CN(C)C)[nH]n2)o1. The van der Waals surface area contributed by atoms with Gasteiger partial charge in [-0.1, -0.05) is 12.1 Å². The van der Waals surface area contributed by atoms with Crippen LogP contribution >= 0.6 is 0 Å². The highest BCUT2D eigenvalue weighted by molar-refractivity contribution is 6.01. The molecule has 0 bridgehead atoms. The average Bonchev–Trinajstić information content (AvgIpc) is 3.29. The third-order valence-electron chi connectivity index (χ3n) is 3.68. The third-order valence-corrected chi connectivity index (χ3v) is 3.68. The number of amides is 1. The molecule has 0 aliphatic rings. The van der Waals surface area contributed by atoms with E-state index in [-0.39, 0.29) is 18.3 Å². The van der Waals surface area contributed by atoms with Gasteiger partial charge in [0.15, 0.2) is 23.1 Å². The molecular weight excluding hydrogens is 348 g/mol. The number of aromatic amines is 1. The second-order valence-electron chi connectivity index (χ2n) is 6.18. The number of hydrogen-bond acceptors (Lipinski definition) is 6. The van der Waals surface area contributed by atoms with E-state index in [9.17, 15) is 4.79 Å². The Morgan fingerprint density at radius 3 is 2.74 bits per heavy atom. The smallest absolute Gasteiger partial charge is 0.292 e. The van der Waals surface area contributed by atoms with E-state index < -0.39 is 0 Å². The Labute approximate surface area is 157 Å². The number of nitrogens with zero attached hydrogens (tertiary/aromatic N) is 2. The number of carbonyl (C=O) groups excluding carboxylic acids is 1. The van der Waals surface area contributed by atoms with Crippen molar-refractivity contribution < 1.29 is 18.7 Å². The second kappa shape index (κ2) is 8.41. The van der Waals surface area contributed by atoms with Crippen molar-refractivity contribution in [1.29, 1.82) is 0 Å². The van der Waals surface area contributed by atoms with Gasteiger partial charge in [0.1, 0.15) is 12.4 Å². The number of carbonyl (C=O) groups is 1. The first-order valence-electron chi connectivity index (χ1n) is 8.40. The lowest BCUT2D eigenvalue weighted by Gasteiger charge is -2.08. The molecule has 2 heterocycles. The van der Waals surface area contributed by atoms with Gasteiger partial charge in [-0.3, -0.25) is 9.89 Å². The molecule has 2 aromatic heterocycles. The number of methoxy groups -OCH3 is 1. The minimum absolute atomic E-state index is 0.184. The molecule has 0 radical (unpaired) electrons. The molecule has 8 heteroatoms. The Balaban J connectivity index is 1.58. The Bertz CT molecular complexity index is 901. The van der Waals surface area contributed by atoms with E-state index in [2.05, 4.69) is 15.5 Å². The number of ether oxygens (including phenoxy) is 2. The average molecular weight is 370 g/mol. The van der Waals surface area contributed by atoms with Gasteiger partial charge in [-0.25, -0.2) is 0 Å². The predicted octanol–water partition coefficient (Wildman–Crippen LogP) is 2.90. The molecule has 3 rings (SSSR count). The van der Waals surface area contributed by atoms with Crippen molar-refractivity contribution in [1.82, 2.24) is 15.1 Å². The van der Waals surface area contributed by atoms with Crippen LogP contribution in [0.15, 0.2) is 46.9 Å². The maximum Gasteiger partial charge on any atom is 0.292 e. The molecule has 1 aromatic carbocycles. The summed E-state index contributed by atoms with van der Waals surface area (Å²) in [6, 6.07) is 12.4. The molecule has 1 amide bonds. The largest absolute Gasteiger partial charge is 0.493 e. The van der Waals surface area contributed by atoms with Gasteiger partial charge in [-0.15, -0.1) is 0 Å². The van der Waals surface area contributed by atoms with Crippen LogP contribution in [0.25, 0.3) is 0 Å². The summed E-state index contributed by atoms with van der Waals surface area (Å²) in [5.41, 5.74) is 0.903. The normalized spacial score (nSPS) is 10.8. The van der Waals surface area contributed by atoms with Crippen molar-refractivity contribution in [2.45, 2.75) is 13.2 Å². The van der Waals surface area contributed by atoms with Gasteiger partial charge >= 0.3 is 0 Å². The molecule has 0 atom stereocenters. The summed E-state index contributed by atoms with van der Waals surface area (Å²) in [5.74, 6) is 2.02. The van der Waals surface area contributed by atoms with Crippen LogP contribution in [0.5, 0.6) is 11.5 Å². The quantitative estimate of drug-likeness (QED) is 0.633. The summed E-state index contributed by atoms with van der Waals surface area (Å²) in [4.78, 5) is 14.3. The van der Waals surface area contributed by atoms with Crippen molar-refractivity contribution in [2.75, 3.05) is 26.5 Å². The lowest BCUT2D eigenvalue weighted by Crippen LogP contribution is -2.11. The van der Waals surface area contributed by atoms with Crippen molar-refractivity contribution in [2.24, 2.45) is 0 Å². The minimum atomic E-state index is -0.374. The van der Waals surface area contributed by atoms with Gasteiger partial charge in [0, 0.05) is 12.6 Å². The van der Waals surface area contributed by atoms with Crippen molar-refractivity contribution in [3.05, 3.63) is 59.7 Å². The molecule has 142 valence electrons. The Kier molecular flexibility index (Phi) is 5.77. The molecule has 3 aromatic rings. The van der Waals surface area contributed by atoms with Crippen LogP contribution in [-0.4, -0.2) is 42.2 Å². The monoisotopic (exact) mass is 370 g/mol. The number of nitrogens with one attached hydrogen (secondary N) is 2. The first kappa shape index (κ1) is 18.5. The van der Waals surface area contributed by atoms with Crippen LogP contribution in [-0.2, 0) is 13.2 Å². The van der Waals surface area contributed by atoms with Gasteiger partial charge in [0.2, 0.25) is 0 Å². The lowest BCUT2D eigenvalue weighted by atomic mass is 10.3. The molecule has 2 N–H and O–H groups in total. The number of para-hydroxylation sites is 2. The van der Waals surface area contributed by atoms with Crippen LogP contribution in [0.3, 0.4) is 0 Å². The number of rotatable bonds is 8. The zero-order chi connectivity index (χ0) is 19.2. The number of benzene rings is 1. The van der Waals surface area contributed by atoms with Gasteiger partial charge in [-0.05, 0) is 38.4 Å². The molecule has 0 aliphatic heterocycles. The fraction of sp³-hybridized carbons (Fsp3) is 0.263. The highest BCUT2D eigenvalue weighted by Crippen LogP contribution is 2.26. The molecule has 0 aliphatic carbocycles. The number of hydrogen-bond donors (Lipinski definition) is 2. The van der Waals surface area contributed by atoms with Crippen LogP contribution in [0.4, 0.5) is 5.82 Å². The summed E-state index contributed by atoms with van der Waals surface area (Å²) in [6.45, 7) is 0.886. The Morgan fingerprint density at radius 1 is 1.22 bits per heavy atom. The van der Waals surface area contributed by atoms with Gasteiger partial charge < -0.3 is 24.1 Å². The molecule has 0 saturated heterocycles. The van der Waals surface area contributed by atoms with Gasteiger partial charge in [-0.2, -0.15) is 5.10 Å². The summed E-state index contributed by atoms with van der Waals surface area (Å²) in [5, 5.41) is 9.66. The molecule has 0 saturated carbocycles. The maximum absolute atomic E-state index is 12.3. The number of anilines is 1. The molecule has 0 unspecified atom stereocenters. The molecule has 27 heavy (non-hydrogen) atoms. The molecule has 8 nitrogen and oxygen atoms in total. The molecule has 0 spiro atoms. The van der Waals surface area contributed by atoms with E-state index in [4.69, 9.17) is 13.9 Å². The van der Waals surface area contributed by atoms with Gasteiger partial charge in [0.05, 0.1) is 12.8 Å². The van der Waals surface area contributed by atoms with Crippen molar-refractivity contribution in [3.8, 4) is 11.5 Å². The zero-order valence-electron chi connectivity index (χ0n) is 15.5. The fourth-order valence-electron chi connectivity index (χ4n) is 2.49. The van der Waals surface area contributed by atoms with E-state index in [1.807, 2.05) is 37.2 Å². The van der Waals surface area contributed by atoms with Crippen LogP contribution in [0, 0.1) is 0 Å². The first-order valence-corrected chi connectivity index (χ1v) is 8.40. The second-order valence-corrected chi connectivity index (χ2v) is 6.18. The molecule has 0 fully saturated rings.